The van der Waals surface area contributed by atoms with Crippen molar-refractivity contribution >= 4 is 29.7 Å². The molecule has 6 atom stereocenters. The number of hydrogen-bond donors (Lipinski definition) is 6. The van der Waals surface area contributed by atoms with E-state index in [1.165, 1.54) is 23.6 Å². The van der Waals surface area contributed by atoms with Gasteiger partial charge in [0.15, 0.2) is 0 Å². The molecule has 2 aliphatic rings. The monoisotopic (exact) mass is 457 g/mol. The van der Waals surface area contributed by atoms with Crippen molar-refractivity contribution in [1.29, 1.82) is 0 Å². The summed E-state index contributed by atoms with van der Waals surface area (Å²) in [6.45, 7) is 3.17. The average molecular weight is 457 g/mol. The molecule has 0 spiro atoms. The maximum absolute atomic E-state index is 13.1. The third-order valence-electron chi connectivity index (χ3n) is 5.80. The average Bonchev–Trinajstić information content (AvgIpc) is 3.38. The van der Waals surface area contributed by atoms with Gasteiger partial charge in [-0.3, -0.25) is 19.2 Å². The summed E-state index contributed by atoms with van der Waals surface area (Å²) in [6, 6.07) is -3.46. The fourth-order valence-corrected chi connectivity index (χ4v) is 4.10. The fraction of sp³-hybridized carbons (Fsp3) is 0.737. The maximum atomic E-state index is 13.1. The van der Waals surface area contributed by atoms with Crippen LogP contribution < -0.4 is 16.4 Å². The Morgan fingerprint density at radius 2 is 1.59 bits per heavy atom. The van der Waals surface area contributed by atoms with Gasteiger partial charge in [-0.15, -0.1) is 0 Å². The predicted octanol–water partition coefficient (Wildman–Crippen LogP) is -2.81. The number of carbonyl (C=O) groups is 5. The number of nitrogens with two attached hydrogens (primary N) is 1. The number of aliphatic hydroxyl groups excluding tert-OH is 2. The van der Waals surface area contributed by atoms with E-state index in [4.69, 9.17) is 10.8 Å². The largest absolute Gasteiger partial charge is 0.465 e. The molecule has 2 aliphatic heterocycles. The van der Waals surface area contributed by atoms with Crippen molar-refractivity contribution in [2.24, 2.45) is 11.7 Å². The van der Waals surface area contributed by atoms with Gasteiger partial charge in [-0.1, -0.05) is 0 Å². The summed E-state index contributed by atoms with van der Waals surface area (Å²) in [6.07, 6.45) is -2.63. The summed E-state index contributed by atoms with van der Waals surface area (Å²) in [5.74, 6) is -3.03. The zero-order valence-corrected chi connectivity index (χ0v) is 18.1. The highest BCUT2D eigenvalue weighted by atomic mass is 16.4. The van der Waals surface area contributed by atoms with Crippen LogP contribution in [0.3, 0.4) is 0 Å². The van der Waals surface area contributed by atoms with E-state index in [0.717, 1.165) is 0 Å². The number of nitrogens with one attached hydrogen (secondary N) is 2. The molecule has 0 saturated carbocycles. The summed E-state index contributed by atoms with van der Waals surface area (Å²) in [5.41, 5.74) is 5.21. The van der Waals surface area contributed by atoms with Gasteiger partial charge in [0, 0.05) is 19.6 Å². The molecule has 0 aromatic heterocycles. The van der Waals surface area contributed by atoms with Gasteiger partial charge in [0.1, 0.15) is 18.1 Å². The number of hydrogen-bond acceptors (Lipinski definition) is 7. The van der Waals surface area contributed by atoms with Crippen LogP contribution in [-0.2, 0) is 19.2 Å². The van der Waals surface area contributed by atoms with Crippen LogP contribution in [0.2, 0.25) is 0 Å². The lowest BCUT2D eigenvalue weighted by Gasteiger charge is -2.29. The van der Waals surface area contributed by atoms with Crippen LogP contribution in [0, 0.1) is 5.92 Å². The topological polar surface area (TPSA) is 203 Å². The van der Waals surface area contributed by atoms with E-state index in [1.54, 1.807) is 0 Å². The van der Waals surface area contributed by atoms with Gasteiger partial charge in [-0.2, -0.15) is 0 Å². The molecule has 2 saturated heterocycles. The molecule has 180 valence electrons. The van der Waals surface area contributed by atoms with Crippen LogP contribution in [0.15, 0.2) is 0 Å². The smallest absolute Gasteiger partial charge is 0.405 e. The number of aliphatic hydroxyl groups is 2. The standard InChI is InChI=1S/C19H31N5O8/c1-9(25)13(15(20)27)21-16(28)12-4-3-6-24(12)17(29)11-5-7-23(8-11)18(30)14(10(2)26)22-19(31)32/h9-14,22,25-26H,3-8H2,1-2H3,(H2,20,27)(H,21,28)(H,31,32)/t9-,10-,11-,12-,13+,14+/m1/s1. The molecule has 2 rings (SSSR count). The van der Waals surface area contributed by atoms with E-state index in [9.17, 15) is 34.2 Å². The lowest BCUT2D eigenvalue weighted by Crippen LogP contribution is -2.56. The first-order chi connectivity index (χ1) is 14.9. The van der Waals surface area contributed by atoms with E-state index in [2.05, 4.69) is 5.32 Å². The minimum Gasteiger partial charge on any atom is -0.465 e. The minimum atomic E-state index is -1.45. The number of carboxylic acid groups (broad SMARTS) is 1. The fourth-order valence-electron chi connectivity index (χ4n) is 4.10. The Balaban J connectivity index is 2.03. The number of rotatable bonds is 8. The second kappa shape index (κ2) is 10.6. The van der Waals surface area contributed by atoms with Gasteiger partial charge >= 0.3 is 6.09 Å². The van der Waals surface area contributed by atoms with Gasteiger partial charge in [-0.25, -0.2) is 4.79 Å². The molecule has 0 aromatic rings. The molecule has 0 aliphatic carbocycles. The van der Waals surface area contributed by atoms with Crippen LogP contribution in [-0.4, -0.2) is 105 Å². The second-order valence-corrected chi connectivity index (χ2v) is 8.26. The van der Waals surface area contributed by atoms with E-state index in [1.807, 2.05) is 5.32 Å². The Bertz CT molecular complexity index is 758. The Morgan fingerprint density at radius 3 is 2.12 bits per heavy atom. The number of nitrogens with zero attached hydrogens (tertiary/aromatic N) is 2. The van der Waals surface area contributed by atoms with Crippen LogP contribution in [0.1, 0.15) is 33.1 Å². The Kier molecular flexibility index (Phi) is 8.38. The predicted molar refractivity (Wildman–Crippen MR) is 109 cm³/mol. The summed E-state index contributed by atoms with van der Waals surface area (Å²) in [7, 11) is 0. The number of primary amides is 1. The second-order valence-electron chi connectivity index (χ2n) is 8.26. The Morgan fingerprint density at radius 1 is 0.969 bits per heavy atom. The highest BCUT2D eigenvalue weighted by Crippen LogP contribution is 2.25. The summed E-state index contributed by atoms with van der Waals surface area (Å²) >= 11 is 0. The van der Waals surface area contributed by atoms with Crippen molar-refractivity contribution in [3.63, 3.8) is 0 Å². The van der Waals surface area contributed by atoms with Crippen molar-refractivity contribution in [2.45, 2.75) is 63.4 Å². The minimum absolute atomic E-state index is 0.0324. The first kappa shape index (κ1) is 25.3. The summed E-state index contributed by atoms with van der Waals surface area (Å²) < 4.78 is 0. The third kappa shape index (κ3) is 5.85. The van der Waals surface area contributed by atoms with E-state index in [0.29, 0.717) is 25.8 Å². The number of likely N-dealkylation sites (tertiary alicyclic amines) is 2. The highest BCUT2D eigenvalue weighted by molar-refractivity contribution is 5.93. The molecule has 5 amide bonds. The molecule has 13 heteroatoms. The van der Waals surface area contributed by atoms with Gasteiger partial charge in [0.05, 0.1) is 18.1 Å². The first-order valence-electron chi connectivity index (χ1n) is 10.5. The molecule has 0 radical (unpaired) electrons. The van der Waals surface area contributed by atoms with E-state index < -0.39 is 60.1 Å². The summed E-state index contributed by atoms with van der Waals surface area (Å²) in [4.78, 5) is 63.4. The Labute approximate surface area is 184 Å². The summed E-state index contributed by atoms with van der Waals surface area (Å²) in [5, 5.41) is 32.6. The Hall–Kier alpha value is -2.93. The zero-order chi connectivity index (χ0) is 24.2. The molecule has 2 fully saturated rings. The van der Waals surface area contributed by atoms with E-state index >= 15 is 0 Å². The normalized spacial score (nSPS) is 24.4. The molecule has 0 unspecified atom stereocenters. The molecular formula is C19H31N5O8. The van der Waals surface area contributed by atoms with Crippen molar-refractivity contribution in [2.75, 3.05) is 19.6 Å². The highest BCUT2D eigenvalue weighted by Gasteiger charge is 2.42. The van der Waals surface area contributed by atoms with Crippen molar-refractivity contribution in [3.05, 3.63) is 0 Å². The number of carbonyl (C=O) groups excluding carboxylic acids is 4. The number of amides is 5. The van der Waals surface area contributed by atoms with Crippen LogP contribution >= 0.6 is 0 Å². The zero-order valence-electron chi connectivity index (χ0n) is 18.1. The van der Waals surface area contributed by atoms with Crippen LogP contribution in [0.4, 0.5) is 4.79 Å². The SMILES string of the molecule is C[C@@H](O)[C@H](NC(=O)[C@H]1CCCN1C(=O)[C@@H]1CCN(C(=O)[C@@H](NC(=O)O)[C@@H](C)O)C1)C(N)=O. The van der Waals surface area contributed by atoms with Gasteiger partial charge < -0.3 is 41.5 Å². The van der Waals surface area contributed by atoms with Gasteiger partial charge in [0.2, 0.25) is 23.6 Å². The molecule has 0 bridgehead atoms. The lowest BCUT2D eigenvalue weighted by molar-refractivity contribution is -0.142. The van der Waals surface area contributed by atoms with E-state index in [-0.39, 0.29) is 19.0 Å². The first-order valence-corrected chi connectivity index (χ1v) is 10.5. The molecule has 0 aromatic carbocycles. The van der Waals surface area contributed by atoms with Crippen LogP contribution in [0.25, 0.3) is 0 Å². The molecule has 2 heterocycles. The van der Waals surface area contributed by atoms with Crippen molar-refractivity contribution < 1.29 is 39.3 Å². The van der Waals surface area contributed by atoms with Crippen LogP contribution in [0.5, 0.6) is 0 Å². The molecule has 13 nitrogen and oxygen atoms in total. The van der Waals surface area contributed by atoms with Gasteiger partial charge in [-0.05, 0) is 33.1 Å². The molecule has 32 heavy (non-hydrogen) atoms. The maximum Gasteiger partial charge on any atom is 0.405 e. The molecule has 7 N–H and O–H groups in total. The third-order valence-corrected chi connectivity index (χ3v) is 5.80. The quantitative estimate of drug-likeness (QED) is 0.224. The van der Waals surface area contributed by atoms with Gasteiger partial charge in [0.25, 0.3) is 0 Å². The van der Waals surface area contributed by atoms with Crippen molar-refractivity contribution in [3.8, 4) is 0 Å². The molecular weight excluding hydrogens is 426 g/mol. The van der Waals surface area contributed by atoms with Crippen molar-refractivity contribution in [1.82, 2.24) is 20.4 Å². The lowest BCUT2D eigenvalue weighted by atomic mass is 10.1.